The molecule has 3 rings (SSSR count). The highest BCUT2D eigenvalue weighted by Gasteiger charge is 2.39. The Labute approximate surface area is 114 Å². The maximum atomic E-state index is 11.9. The van der Waals surface area contributed by atoms with Crippen LogP contribution in [0.2, 0.25) is 0 Å². The Morgan fingerprint density at radius 2 is 1.67 bits per heavy atom. The second-order valence-corrected chi connectivity index (χ2v) is 5.23. The molecule has 1 aromatic carbocycles. The number of fused-ring (bicyclic) bond motifs is 2. The smallest absolute Gasteiger partial charge is 0.280 e. The van der Waals surface area contributed by atoms with Crippen LogP contribution in [0.25, 0.3) is 0 Å². The van der Waals surface area contributed by atoms with Crippen LogP contribution in [0.1, 0.15) is 25.7 Å². The maximum absolute atomic E-state index is 11.9. The van der Waals surface area contributed by atoms with E-state index in [1.54, 1.807) is 0 Å². The van der Waals surface area contributed by atoms with Crippen LogP contribution in [0.5, 0.6) is 0 Å². The van der Waals surface area contributed by atoms with Crippen molar-refractivity contribution in [3.05, 3.63) is 24.3 Å². The van der Waals surface area contributed by atoms with Gasteiger partial charge in [0.2, 0.25) is 0 Å². The minimum absolute atomic E-state index is 0. The summed E-state index contributed by atoms with van der Waals surface area (Å²) in [5.74, 6) is 0.172. The van der Waals surface area contributed by atoms with Crippen molar-refractivity contribution in [1.29, 1.82) is 0 Å². The lowest BCUT2D eigenvalue weighted by molar-refractivity contribution is -0.117. The van der Waals surface area contributed by atoms with Gasteiger partial charge >= 0.3 is 0 Å². The second kappa shape index (κ2) is 5.29. The fraction of sp³-hybridized carbons (Fsp3) is 0.500. The third-order valence-electron chi connectivity index (χ3n) is 4.06. The van der Waals surface area contributed by atoms with Gasteiger partial charge < -0.3 is 17.7 Å². The van der Waals surface area contributed by atoms with Gasteiger partial charge in [-0.05, 0) is 31.7 Å². The molecule has 1 fully saturated rings. The van der Waals surface area contributed by atoms with Gasteiger partial charge in [-0.3, -0.25) is 9.28 Å². The molecule has 0 bridgehead atoms. The number of hydrogen-bond acceptors (Lipinski definition) is 1. The van der Waals surface area contributed by atoms with Gasteiger partial charge in [0.1, 0.15) is 5.69 Å². The summed E-state index contributed by atoms with van der Waals surface area (Å²) in [7, 11) is 0. The minimum atomic E-state index is 0. The molecular formula is C14H19ClN2O. The SMILES string of the molecule is O=C1C[N+]2(CCCCCC2)c2ccccc2N1.[Cl-]. The van der Waals surface area contributed by atoms with Crippen molar-refractivity contribution in [2.45, 2.75) is 25.7 Å². The molecule has 2 aliphatic rings. The van der Waals surface area contributed by atoms with Crippen molar-refractivity contribution in [2.75, 3.05) is 25.0 Å². The van der Waals surface area contributed by atoms with Gasteiger partial charge in [-0.1, -0.05) is 12.1 Å². The second-order valence-electron chi connectivity index (χ2n) is 5.23. The number of rotatable bonds is 0. The molecule has 2 aliphatic heterocycles. The van der Waals surface area contributed by atoms with Gasteiger partial charge in [-0.15, -0.1) is 0 Å². The van der Waals surface area contributed by atoms with E-state index in [0.29, 0.717) is 6.54 Å². The van der Waals surface area contributed by atoms with Crippen LogP contribution < -0.4 is 22.2 Å². The van der Waals surface area contributed by atoms with Crippen LogP contribution in [0.4, 0.5) is 11.4 Å². The number of nitrogens with one attached hydrogen (secondary N) is 1. The fourth-order valence-electron chi connectivity index (χ4n) is 3.24. The lowest BCUT2D eigenvalue weighted by Gasteiger charge is -2.40. The van der Waals surface area contributed by atoms with Crippen LogP contribution in [0, 0.1) is 0 Å². The van der Waals surface area contributed by atoms with E-state index in [1.165, 1.54) is 31.4 Å². The number of anilines is 1. The Hall–Kier alpha value is -1.06. The van der Waals surface area contributed by atoms with Crippen LogP contribution in [-0.2, 0) is 4.79 Å². The third-order valence-corrected chi connectivity index (χ3v) is 4.06. The zero-order valence-electron chi connectivity index (χ0n) is 10.5. The number of hydrogen-bond donors (Lipinski definition) is 1. The molecule has 0 aliphatic carbocycles. The normalized spacial score (nSPS) is 21.4. The van der Waals surface area contributed by atoms with Gasteiger partial charge in [0.25, 0.3) is 5.91 Å². The number of amides is 1. The number of para-hydroxylation sites is 2. The standard InChI is InChI=1S/C14H18N2O.ClH/c17-14-11-16(9-5-1-2-6-10-16)13-8-4-3-7-12(13)15-14;/h3-4,7-8H,1-2,5-6,9-11H2;1H. The molecule has 0 radical (unpaired) electrons. The van der Waals surface area contributed by atoms with Crippen molar-refractivity contribution in [2.24, 2.45) is 0 Å². The number of benzene rings is 1. The molecule has 1 amide bonds. The zero-order valence-corrected chi connectivity index (χ0v) is 11.2. The first-order valence-corrected chi connectivity index (χ1v) is 6.56. The zero-order chi connectivity index (χ0) is 11.7. The fourth-order valence-corrected chi connectivity index (χ4v) is 3.24. The lowest BCUT2D eigenvalue weighted by atomic mass is 10.1. The number of carbonyl (C=O) groups is 1. The first kappa shape index (κ1) is 13.4. The van der Waals surface area contributed by atoms with E-state index in [1.807, 2.05) is 12.1 Å². The quantitative estimate of drug-likeness (QED) is 0.632. The van der Waals surface area contributed by atoms with Crippen molar-refractivity contribution < 1.29 is 17.2 Å². The Bertz CT molecular complexity index is 439. The maximum Gasteiger partial charge on any atom is 0.280 e. The van der Waals surface area contributed by atoms with E-state index in [0.717, 1.165) is 23.3 Å². The lowest BCUT2D eigenvalue weighted by Crippen LogP contribution is -3.00. The topological polar surface area (TPSA) is 29.1 Å². The number of quaternary nitrogens is 1. The first-order valence-electron chi connectivity index (χ1n) is 6.56. The van der Waals surface area contributed by atoms with Crippen LogP contribution >= 0.6 is 0 Å². The van der Waals surface area contributed by atoms with Crippen molar-refractivity contribution in [1.82, 2.24) is 4.48 Å². The van der Waals surface area contributed by atoms with Gasteiger partial charge in [-0.2, -0.15) is 0 Å². The molecule has 98 valence electrons. The molecule has 0 aromatic heterocycles. The molecule has 1 saturated heterocycles. The molecule has 0 unspecified atom stereocenters. The molecule has 18 heavy (non-hydrogen) atoms. The summed E-state index contributed by atoms with van der Waals surface area (Å²) in [5.41, 5.74) is 2.33. The molecule has 0 saturated carbocycles. The van der Waals surface area contributed by atoms with E-state index in [9.17, 15) is 4.79 Å². The average molecular weight is 267 g/mol. The predicted octanol–water partition coefficient (Wildman–Crippen LogP) is -0.476. The molecule has 3 nitrogen and oxygen atoms in total. The van der Waals surface area contributed by atoms with Crippen LogP contribution in [0.3, 0.4) is 0 Å². The Morgan fingerprint density at radius 1 is 1.00 bits per heavy atom. The number of carbonyl (C=O) groups excluding carboxylic acids is 1. The predicted molar refractivity (Wildman–Crippen MR) is 69.9 cm³/mol. The van der Waals surface area contributed by atoms with Crippen molar-refractivity contribution >= 4 is 17.3 Å². The molecule has 0 atom stereocenters. The molecule has 4 heteroatoms. The summed E-state index contributed by atoms with van der Waals surface area (Å²) in [5, 5.41) is 3.00. The van der Waals surface area contributed by atoms with E-state index >= 15 is 0 Å². The van der Waals surface area contributed by atoms with Gasteiger partial charge in [0, 0.05) is 6.07 Å². The van der Waals surface area contributed by atoms with Crippen molar-refractivity contribution in [3.8, 4) is 0 Å². The highest BCUT2D eigenvalue weighted by Crippen LogP contribution is 2.37. The summed E-state index contributed by atoms with van der Waals surface area (Å²) < 4.78 is 0.877. The van der Waals surface area contributed by atoms with Gasteiger partial charge in [-0.25, -0.2) is 0 Å². The van der Waals surface area contributed by atoms with Gasteiger partial charge in [0.15, 0.2) is 12.2 Å². The highest BCUT2D eigenvalue weighted by atomic mass is 35.5. The van der Waals surface area contributed by atoms with Crippen LogP contribution in [-0.4, -0.2) is 25.5 Å². The van der Waals surface area contributed by atoms with E-state index in [4.69, 9.17) is 0 Å². The molecule has 1 spiro atoms. The summed E-state index contributed by atoms with van der Waals surface area (Å²) >= 11 is 0. The Balaban J connectivity index is 0.00000120. The van der Waals surface area contributed by atoms with E-state index < -0.39 is 0 Å². The molecule has 1 N–H and O–H groups in total. The Morgan fingerprint density at radius 3 is 2.39 bits per heavy atom. The minimum Gasteiger partial charge on any atom is -1.00 e. The highest BCUT2D eigenvalue weighted by molar-refractivity contribution is 5.99. The molecule has 2 heterocycles. The van der Waals surface area contributed by atoms with E-state index in [-0.39, 0.29) is 18.3 Å². The number of nitrogens with zero attached hydrogens (tertiary/aromatic N) is 1. The number of halogens is 1. The van der Waals surface area contributed by atoms with Crippen LogP contribution in [0.15, 0.2) is 24.3 Å². The summed E-state index contributed by atoms with van der Waals surface area (Å²) in [6.45, 7) is 2.85. The van der Waals surface area contributed by atoms with Gasteiger partial charge in [0.05, 0.1) is 13.1 Å². The molecule has 1 aromatic rings. The largest absolute Gasteiger partial charge is 1.00 e. The molecular weight excluding hydrogens is 248 g/mol. The summed E-state index contributed by atoms with van der Waals surface area (Å²) in [6, 6.07) is 8.29. The summed E-state index contributed by atoms with van der Waals surface area (Å²) in [4.78, 5) is 11.9. The summed E-state index contributed by atoms with van der Waals surface area (Å²) in [6.07, 6.45) is 5.09. The Kier molecular flexibility index (Phi) is 3.93. The first-order chi connectivity index (χ1) is 8.30. The van der Waals surface area contributed by atoms with Crippen molar-refractivity contribution in [3.63, 3.8) is 0 Å². The monoisotopic (exact) mass is 266 g/mol. The average Bonchev–Trinajstić information content (AvgIpc) is 2.55. The van der Waals surface area contributed by atoms with E-state index in [2.05, 4.69) is 17.4 Å². The third kappa shape index (κ3) is 2.25.